The van der Waals surface area contributed by atoms with E-state index in [9.17, 15) is 0 Å². The Balaban J connectivity index is 1.26. The lowest BCUT2D eigenvalue weighted by molar-refractivity contribution is 1.31. The van der Waals surface area contributed by atoms with Gasteiger partial charge in [0.15, 0.2) is 0 Å². The predicted molar refractivity (Wildman–Crippen MR) is 229 cm³/mol. The van der Waals surface area contributed by atoms with Crippen molar-refractivity contribution in [1.82, 2.24) is 19.9 Å². The van der Waals surface area contributed by atoms with Gasteiger partial charge in [-0.3, -0.25) is 0 Å². The number of aromatic nitrogens is 4. The molecule has 54 heavy (non-hydrogen) atoms. The number of fused-ring (bicyclic) bond motifs is 12. The van der Waals surface area contributed by atoms with E-state index < -0.39 is 0 Å². The molecule has 9 aromatic rings. The third-order valence-electron chi connectivity index (χ3n) is 11.3. The molecule has 11 rings (SSSR count). The van der Waals surface area contributed by atoms with Crippen molar-refractivity contribution in [2.75, 3.05) is 0 Å². The van der Waals surface area contributed by atoms with Crippen molar-refractivity contribution in [2.45, 2.75) is 13.8 Å². The van der Waals surface area contributed by atoms with Crippen LogP contribution in [0.4, 0.5) is 0 Å². The quantitative estimate of drug-likeness (QED) is 0.177. The summed E-state index contributed by atoms with van der Waals surface area (Å²) in [6.07, 6.45) is 8.56. The molecule has 0 fully saturated rings. The van der Waals surface area contributed by atoms with Gasteiger partial charge in [-0.2, -0.15) is 0 Å². The van der Waals surface area contributed by atoms with Crippen molar-refractivity contribution in [3.63, 3.8) is 0 Å². The summed E-state index contributed by atoms with van der Waals surface area (Å²) in [7, 11) is 0. The van der Waals surface area contributed by atoms with E-state index in [0.29, 0.717) is 0 Å². The minimum Gasteiger partial charge on any atom is -0.355 e. The van der Waals surface area contributed by atoms with E-state index in [0.717, 1.165) is 56.0 Å². The lowest BCUT2D eigenvalue weighted by Gasteiger charge is -2.16. The summed E-state index contributed by atoms with van der Waals surface area (Å²) in [5, 5.41) is 9.83. The fourth-order valence-electron chi connectivity index (χ4n) is 8.83. The first-order valence-corrected chi connectivity index (χ1v) is 18.5. The molecule has 2 aliphatic heterocycles. The van der Waals surface area contributed by atoms with Gasteiger partial charge in [0.1, 0.15) is 0 Å². The molecule has 6 aromatic carbocycles. The van der Waals surface area contributed by atoms with Crippen molar-refractivity contribution in [1.29, 1.82) is 0 Å². The average Bonchev–Trinajstić information content (AvgIpc) is 4.05. The topological polar surface area (TPSA) is 57.4 Å². The van der Waals surface area contributed by atoms with E-state index in [1.54, 1.807) is 0 Å². The third kappa shape index (κ3) is 4.63. The van der Waals surface area contributed by atoms with Crippen LogP contribution in [0.5, 0.6) is 0 Å². The summed E-state index contributed by atoms with van der Waals surface area (Å²) in [4.78, 5) is 18.2. The van der Waals surface area contributed by atoms with Crippen molar-refractivity contribution in [3.8, 4) is 22.3 Å². The van der Waals surface area contributed by atoms with Crippen molar-refractivity contribution in [2.24, 2.45) is 0 Å². The molecule has 4 nitrogen and oxygen atoms in total. The second kappa shape index (κ2) is 11.7. The second-order valence-corrected chi connectivity index (χ2v) is 14.4. The van der Waals surface area contributed by atoms with Crippen LogP contribution < -0.4 is 0 Å². The normalized spacial score (nSPS) is 12.5. The summed E-state index contributed by atoms with van der Waals surface area (Å²) in [5.74, 6) is 0. The summed E-state index contributed by atoms with van der Waals surface area (Å²) < 4.78 is 0. The van der Waals surface area contributed by atoms with Crippen LogP contribution in [-0.4, -0.2) is 19.9 Å². The highest BCUT2D eigenvalue weighted by Crippen LogP contribution is 2.44. The largest absolute Gasteiger partial charge is 0.355 e. The number of hydrogen-bond donors (Lipinski definition) is 2. The maximum absolute atomic E-state index is 5.32. The molecular weight excluding hydrogens is 657 g/mol. The van der Waals surface area contributed by atoms with Crippen LogP contribution in [0.25, 0.3) is 112 Å². The van der Waals surface area contributed by atoms with Gasteiger partial charge in [0.05, 0.1) is 22.8 Å². The number of benzene rings is 6. The van der Waals surface area contributed by atoms with Crippen LogP contribution in [0, 0.1) is 13.8 Å². The van der Waals surface area contributed by atoms with Gasteiger partial charge in [0.2, 0.25) is 0 Å². The molecule has 0 radical (unpaired) electrons. The SMILES string of the molecule is Cc1c2ccccc2c(-c2c3nc(cc4ccc([nH]4)c(-c4c5ccccc5c(C)c5ccccc45)c4nc(cc5ccc2[nH]5)C=C4)C=C3)c2ccccc12. The van der Waals surface area contributed by atoms with Crippen LogP contribution in [0.1, 0.15) is 33.9 Å². The summed E-state index contributed by atoms with van der Waals surface area (Å²) in [6, 6.07) is 47.9. The lowest BCUT2D eigenvalue weighted by atomic mass is 9.88. The zero-order chi connectivity index (χ0) is 35.9. The van der Waals surface area contributed by atoms with Crippen molar-refractivity contribution >= 4 is 89.5 Å². The maximum atomic E-state index is 5.32. The Labute approximate surface area is 311 Å². The van der Waals surface area contributed by atoms with Gasteiger partial charge in [0.25, 0.3) is 0 Å². The molecule has 5 heterocycles. The summed E-state index contributed by atoms with van der Waals surface area (Å²) >= 11 is 0. The van der Waals surface area contributed by atoms with Gasteiger partial charge >= 0.3 is 0 Å². The molecule has 2 N–H and O–H groups in total. The smallest absolute Gasteiger partial charge is 0.0737 e. The average molecular weight is 691 g/mol. The van der Waals surface area contributed by atoms with Crippen LogP contribution in [0.15, 0.2) is 133 Å². The third-order valence-corrected chi connectivity index (χ3v) is 11.3. The summed E-state index contributed by atoms with van der Waals surface area (Å²) in [5.41, 5.74) is 14.7. The van der Waals surface area contributed by atoms with Crippen molar-refractivity contribution < 1.29 is 0 Å². The zero-order valence-electron chi connectivity index (χ0n) is 29.9. The van der Waals surface area contributed by atoms with Gasteiger partial charge < -0.3 is 9.97 Å². The number of nitrogens with one attached hydrogen (secondary N) is 2. The van der Waals surface area contributed by atoms with Gasteiger partial charge in [0, 0.05) is 44.3 Å². The van der Waals surface area contributed by atoms with Gasteiger partial charge in [-0.1, -0.05) is 97.1 Å². The standard InChI is InChI=1S/C50H34N4/c1-29-35-11-3-7-15-39(35)47(40-16-8-4-12-36(29)40)49-43-23-19-31(51-43)27-33-21-25-45(53-33)50(46-26-22-34(54-46)28-32-20-24-44(49)52-32)48-41-17-9-5-13-37(41)30(2)38-14-6-10-18-42(38)48/h3-28,51,54H,1-2H3. The Hall–Kier alpha value is -7.04. The second-order valence-electron chi connectivity index (χ2n) is 14.4. The number of aromatic amines is 2. The minimum absolute atomic E-state index is 0.892. The van der Waals surface area contributed by atoms with E-state index in [2.05, 4.69) is 182 Å². The highest BCUT2D eigenvalue weighted by Gasteiger charge is 2.20. The first kappa shape index (κ1) is 30.6. The summed E-state index contributed by atoms with van der Waals surface area (Å²) in [6.45, 7) is 4.46. The Morgan fingerprint density at radius 3 is 1.04 bits per heavy atom. The highest BCUT2D eigenvalue weighted by molar-refractivity contribution is 6.19. The molecule has 0 saturated carbocycles. The van der Waals surface area contributed by atoms with E-state index in [-0.39, 0.29) is 0 Å². The van der Waals surface area contributed by atoms with E-state index in [4.69, 9.17) is 9.97 Å². The molecule has 3 aromatic heterocycles. The molecule has 0 unspecified atom stereocenters. The molecule has 4 heteroatoms. The molecule has 2 aliphatic rings. The zero-order valence-corrected chi connectivity index (χ0v) is 29.9. The Bertz CT molecular complexity index is 2960. The van der Waals surface area contributed by atoms with Gasteiger partial charge in [-0.05, 0) is 129 Å². The fraction of sp³-hybridized carbons (Fsp3) is 0.0400. The minimum atomic E-state index is 0.892. The number of H-pyrrole nitrogens is 2. The number of rotatable bonds is 2. The van der Waals surface area contributed by atoms with Gasteiger partial charge in [-0.25, -0.2) is 9.97 Å². The van der Waals surface area contributed by atoms with Crippen LogP contribution in [0.2, 0.25) is 0 Å². The molecule has 0 amide bonds. The number of aryl methyl sites for hydroxylation is 2. The molecule has 0 aliphatic carbocycles. The van der Waals surface area contributed by atoms with E-state index >= 15 is 0 Å². The Morgan fingerprint density at radius 1 is 0.352 bits per heavy atom. The fourth-order valence-corrected chi connectivity index (χ4v) is 8.83. The predicted octanol–water partition coefficient (Wildman–Crippen LogP) is 13.2. The van der Waals surface area contributed by atoms with Crippen LogP contribution in [-0.2, 0) is 0 Å². The molecule has 8 bridgehead atoms. The van der Waals surface area contributed by atoms with E-state index in [1.165, 1.54) is 65.3 Å². The monoisotopic (exact) mass is 690 g/mol. The number of hydrogen-bond acceptors (Lipinski definition) is 2. The molecular formula is C50H34N4. The van der Waals surface area contributed by atoms with E-state index in [1.807, 2.05) is 0 Å². The lowest BCUT2D eigenvalue weighted by Crippen LogP contribution is -1.92. The highest BCUT2D eigenvalue weighted by atomic mass is 14.8. The van der Waals surface area contributed by atoms with Crippen LogP contribution >= 0.6 is 0 Å². The molecule has 0 atom stereocenters. The maximum Gasteiger partial charge on any atom is 0.0737 e. The molecule has 0 spiro atoms. The van der Waals surface area contributed by atoms with Crippen LogP contribution in [0.3, 0.4) is 0 Å². The Kier molecular flexibility index (Phi) is 6.65. The first-order chi connectivity index (χ1) is 26.6. The number of nitrogens with zero attached hydrogens (tertiary/aromatic N) is 2. The first-order valence-electron chi connectivity index (χ1n) is 18.5. The molecule has 254 valence electrons. The van der Waals surface area contributed by atoms with Gasteiger partial charge in [-0.15, -0.1) is 0 Å². The Morgan fingerprint density at radius 2 is 0.685 bits per heavy atom. The molecule has 0 saturated heterocycles. The van der Waals surface area contributed by atoms with Crippen molar-refractivity contribution in [3.05, 3.63) is 167 Å².